The molecule has 3 heterocycles. The normalized spacial score (nSPS) is 10.6. The van der Waals surface area contributed by atoms with Crippen LogP contribution in [0.3, 0.4) is 0 Å². The van der Waals surface area contributed by atoms with Gasteiger partial charge in [0.1, 0.15) is 5.82 Å². The van der Waals surface area contributed by atoms with Gasteiger partial charge in [0.05, 0.1) is 21.6 Å². The number of aromatic nitrogens is 2. The highest BCUT2D eigenvalue weighted by Crippen LogP contribution is 2.39. The maximum atomic E-state index is 12.3. The lowest BCUT2D eigenvalue weighted by atomic mass is 10.0. The second kappa shape index (κ2) is 9.88. The Bertz CT molecular complexity index is 1620. The van der Waals surface area contributed by atoms with Crippen LogP contribution >= 0.6 is 11.3 Å². The Morgan fingerprint density at radius 2 is 1.78 bits per heavy atom. The van der Waals surface area contributed by atoms with Crippen LogP contribution < -0.4 is 22.1 Å². The minimum Gasteiger partial charge on any atom is -0.383 e. The van der Waals surface area contributed by atoms with Gasteiger partial charge in [0, 0.05) is 41.6 Å². The summed E-state index contributed by atoms with van der Waals surface area (Å²) in [5.41, 5.74) is 23.6. The van der Waals surface area contributed by atoms with E-state index in [0.717, 1.165) is 37.9 Å². The van der Waals surface area contributed by atoms with Crippen LogP contribution in [0.15, 0.2) is 84.6 Å². The van der Waals surface area contributed by atoms with Gasteiger partial charge in [0.15, 0.2) is 0 Å². The summed E-state index contributed by atoms with van der Waals surface area (Å²) in [6, 6.07) is 18.2. The molecule has 2 amide bonds. The van der Waals surface area contributed by atoms with Crippen molar-refractivity contribution in [1.29, 1.82) is 0 Å². The molecule has 0 aliphatic heterocycles. The molecule has 0 bridgehead atoms. The Morgan fingerprint density at radius 3 is 2.50 bits per heavy atom. The highest BCUT2D eigenvalue weighted by molar-refractivity contribution is 7.18. The number of carbonyl (C=O) groups is 1. The van der Waals surface area contributed by atoms with Crippen LogP contribution in [-0.4, -0.2) is 16.0 Å². The minimum absolute atomic E-state index is 0.370. The van der Waals surface area contributed by atoms with Crippen LogP contribution in [0.5, 0.6) is 0 Å². The summed E-state index contributed by atoms with van der Waals surface area (Å²) in [4.78, 5) is 22.2. The molecular weight excluding hydrogens is 468 g/mol. The molecule has 0 spiro atoms. The number of carbonyl (C=O) groups excluding carboxylic acids is 1. The second-order valence-corrected chi connectivity index (χ2v) is 8.87. The number of nitrogens with two attached hydrogens (primary N) is 3. The number of anilines is 3. The summed E-state index contributed by atoms with van der Waals surface area (Å²) in [5, 5.41) is 2.91. The molecule has 0 aliphatic carbocycles. The van der Waals surface area contributed by atoms with Crippen molar-refractivity contribution >= 4 is 44.6 Å². The lowest BCUT2D eigenvalue weighted by molar-refractivity contribution is 0.256. The van der Waals surface area contributed by atoms with E-state index in [4.69, 9.17) is 17.2 Å². The Balaban J connectivity index is 1.52. The van der Waals surface area contributed by atoms with Crippen molar-refractivity contribution in [2.45, 2.75) is 6.54 Å². The van der Waals surface area contributed by atoms with Crippen LogP contribution in [-0.2, 0) is 6.54 Å². The number of urea groups is 1. The fourth-order valence-electron chi connectivity index (χ4n) is 3.96. The minimum atomic E-state index is -0.580. The first kappa shape index (κ1) is 23.1. The molecule has 7 nitrogen and oxygen atoms in total. The first-order chi connectivity index (χ1) is 17.5. The number of primary amides is 1. The number of rotatable bonds is 4. The molecule has 176 valence electrons. The SMILES string of the molecule is NCc1cccc(N(C(N)=O)c2ccc(-c3csc4c(C#Cc5ccncc5)cnc(N)c34)cc2)c1. The topological polar surface area (TPSA) is 124 Å². The monoisotopic (exact) mass is 490 g/mol. The second-order valence-electron chi connectivity index (χ2n) is 7.99. The van der Waals surface area contributed by atoms with E-state index in [1.807, 2.05) is 66.0 Å². The molecule has 0 saturated carbocycles. The van der Waals surface area contributed by atoms with E-state index in [-0.39, 0.29) is 0 Å². The summed E-state index contributed by atoms with van der Waals surface area (Å²) in [6.07, 6.45) is 5.12. The van der Waals surface area contributed by atoms with Crippen LogP contribution in [0.1, 0.15) is 16.7 Å². The van der Waals surface area contributed by atoms with E-state index < -0.39 is 6.03 Å². The zero-order valence-electron chi connectivity index (χ0n) is 19.2. The summed E-state index contributed by atoms with van der Waals surface area (Å²) in [5.74, 6) is 6.80. The van der Waals surface area contributed by atoms with Gasteiger partial charge in [-0.2, -0.15) is 0 Å². The van der Waals surface area contributed by atoms with Crippen LogP contribution in [0, 0.1) is 11.8 Å². The van der Waals surface area contributed by atoms with Crippen LogP contribution in [0.4, 0.5) is 22.0 Å². The number of pyridine rings is 2. The smallest absolute Gasteiger partial charge is 0.323 e. The van der Waals surface area contributed by atoms with Crippen molar-refractivity contribution in [2.24, 2.45) is 11.5 Å². The largest absolute Gasteiger partial charge is 0.383 e. The number of nitrogen functional groups attached to an aromatic ring is 1. The maximum Gasteiger partial charge on any atom is 0.323 e. The molecule has 8 heteroatoms. The van der Waals surface area contributed by atoms with Gasteiger partial charge in [-0.05, 0) is 52.9 Å². The Kier molecular flexibility index (Phi) is 6.33. The predicted octanol–water partition coefficient (Wildman–Crippen LogP) is 5.02. The number of thiophene rings is 1. The lowest BCUT2D eigenvalue weighted by Gasteiger charge is -2.21. The van der Waals surface area contributed by atoms with E-state index in [0.29, 0.717) is 23.7 Å². The molecule has 36 heavy (non-hydrogen) atoms. The first-order valence-corrected chi connectivity index (χ1v) is 12.0. The zero-order chi connectivity index (χ0) is 25.1. The number of hydrogen-bond acceptors (Lipinski definition) is 6. The van der Waals surface area contributed by atoms with Gasteiger partial charge >= 0.3 is 6.03 Å². The summed E-state index contributed by atoms with van der Waals surface area (Å²) in [6.45, 7) is 0.370. The quantitative estimate of drug-likeness (QED) is 0.305. The molecule has 5 rings (SSSR count). The number of fused-ring (bicyclic) bond motifs is 1. The average molecular weight is 491 g/mol. The Labute approximate surface area is 212 Å². The average Bonchev–Trinajstić information content (AvgIpc) is 3.36. The molecule has 0 unspecified atom stereocenters. The third-order valence-corrected chi connectivity index (χ3v) is 6.72. The van der Waals surface area contributed by atoms with E-state index in [9.17, 15) is 4.79 Å². The van der Waals surface area contributed by atoms with Gasteiger partial charge < -0.3 is 17.2 Å². The van der Waals surface area contributed by atoms with E-state index in [1.54, 1.807) is 29.9 Å². The van der Waals surface area contributed by atoms with E-state index in [2.05, 4.69) is 21.8 Å². The third kappa shape index (κ3) is 4.49. The third-order valence-electron chi connectivity index (χ3n) is 5.71. The van der Waals surface area contributed by atoms with E-state index >= 15 is 0 Å². The van der Waals surface area contributed by atoms with Crippen molar-refractivity contribution in [3.8, 4) is 23.0 Å². The Hall–Kier alpha value is -4.71. The first-order valence-electron chi connectivity index (χ1n) is 11.1. The molecule has 0 atom stereocenters. The van der Waals surface area contributed by atoms with Crippen molar-refractivity contribution in [2.75, 3.05) is 10.6 Å². The van der Waals surface area contributed by atoms with E-state index in [1.165, 1.54) is 4.90 Å². The molecule has 5 aromatic rings. The predicted molar refractivity (Wildman–Crippen MR) is 146 cm³/mol. The number of amides is 2. The molecule has 6 N–H and O–H groups in total. The van der Waals surface area contributed by atoms with Gasteiger partial charge in [-0.15, -0.1) is 11.3 Å². The van der Waals surface area contributed by atoms with Crippen LogP contribution in [0.25, 0.3) is 21.2 Å². The maximum absolute atomic E-state index is 12.3. The highest BCUT2D eigenvalue weighted by Gasteiger charge is 2.17. The standard InChI is InChI=1S/C28H22N6OS/c29-15-19-2-1-3-23(14-19)34(28(31)35)22-8-6-20(7-9-22)24-17-36-26-21(16-33-27(30)25(24)26)5-4-18-10-12-32-13-11-18/h1-3,6-14,16-17H,15,29H2,(H2,30,33)(H2,31,35). The van der Waals surface area contributed by atoms with Gasteiger partial charge in [-0.1, -0.05) is 36.1 Å². The summed E-state index contributed by atoms with van der Waals surface area (Å²) in [7, 11) is 0. The van der Waals surface area contributed by atoms with Crippen molar-refractivity contribution in [1.82, 2.24) is 9.97 Å². The van der Waals surface area contributed by atoms with Gasteiger partial charge in [0.2, 0.25) is 0 Å². The fraction of sp³-hybridized carbons (Fsp3) is 0.0357. The number of nitrogens with zero attached hydrogens (tertiary/aromatic N) is 3. The molecule has 2 aromatic carbocycles. The molecule has 0 aliphatic rings. The summed E-state index contributed by atoms with van der Waals surface area (Å²) < 4.78 is 0.973. The number of hydrogen-bond donors (Lipinski definition) is 3. The Morgan fingerprint density at radius 1 is 1.00 bits per heavy atom. The van der Waals surface area contributed by atoms with Crippen molar-refractivity contribution in [3.05, 3.63) is 101 Å². The van der Waals surface area contributed by atoms with Crippen molar-refractivity contribution < 1.29 is 4.79 Å². The van der Waals surface area contributed by atoms with Crippen LogP contribution in [0.2, 0.25) is 0 Å². The molecule has 0 saturated heterocycles. The fourth-order valence-corrected chi connectivity index (χ4v) is 5.01. The number of benzene rings is 2. The van der Waals surface area contributed by atoms with Gasteiger partial charge in [-0.3, -0.25) is 9.88 Å². The molecule has 0 fully saturated rings. The van der Waals surface area contributed by atoms with Gasteiger partial charge in [-0.25, -0.2) is 9.78 Å². The molecule has 0 radical (unpaired) electrons. The summed E-state index contributed by atoms with van der Waals surface area (Å²) >= 11 is 1.57. The van der Waals surface area contributed by atoms with Gasteiger partial charge in [0.25, 0.3) is 0 Å². The molecule has 3 aromatic heterocycles. The zero-order valence-corrected chi connectivity index (χ0v) is 20.0. The van der Waals surface area contributed by atoms with Crippen molar-refractivity contribution in [3.63, 3.8) is 0 Å². The highest BCUT2D eigenvalue weighted by atomic mass is 32.1. The lowest BCUT2D eigenvalue weighted by Crippen LogP contribution is -2.31. The molecular formula is C28H22N6OS.